The van der Waals surface area contributed by atoms with Crippen molar-refractivity contribution in [2.24, 2.45) is 0 Å². The fourth-order valence-electron chi connectivity index (χ4n) is 4.33. The largest absolute Gasteiger partial charge is 0.495 e. The normalized spacial score (nSPS) is 14.2. The maximum Gasteiger partial charge on any atom is 0.416 e. The summed E-state index contributed by atoms with van der Waals surface area (Å²) in [6.07, 6.45) is -4.51. The quantitative estimate of drug-likeness (QED) is 0.402. The minimum atomic E-state index is -4.51. The molecule has 35 heavy (non-hydrogen) atoms. The van der Waals surface area contributed by atoms with Gasteiger partial charge in [0.05, 0.1) is 41.0 Å². The van der Waals surface area contributed by atoms with Crippen LogP contribution in [0, 0.1) is 13.8 Å². The number of hydrogen-bond donors (Lipinski definition) is 0. The molecule has 0 unspecified atom stereocenters. The third-order valence-corrected chi connectivity index (χ3v) is 6.12. The number of hydrogen-bond acceptors (Lipinski definition) is 5. The first kappa shape index (κ1) is 24.3. The lowest BCUT2D eigenvalue weighted by atomic mass is 10.1. The van der Waals surface area contributed by atoms with Gasteiger partial charge in [-0.25, -0.2) is 4.68 Å². The molecule has 2 heterocycles. The number of carbonyl (C=O) groups is 2. The van der Waals surface area contributed by atoms with Gasteiger partial charge in [0.1, 0.15) is 5.75 Å². The zero-order chi connectivity index (χ0) is 25.3. The molecule has 7 nitrogen and oxygen atoms in total. The Balaban J connectivity index is 1.52. The van der Waals surface area contributed by atoms with Gasteiger partial charge in [-0.2, -0.15) is 18.3 Å². The van der Waals surface area contributed by atoms with E-state index in [1.807, 2.05) is 24.3 Å². The van der Waals surface area contributed by atoms with E-state index in [1.54, 1.807) is 21.0 Å². The number of nitrogens with zero attached hydrogens (tertiary/aromatic N) is 4. The first-order chi connectivity index (χ1) is 16.6. The van der Waals surface area contributed by atoms with E-state index in [-0.39, 0.29) is 16.9 Å². The second kappa shape index (κ2) is 9.44. The van der Waals surface area contributed by atoms with Crippen LogP contribution in [0.1, 0.15) is 27.3 Å². The highest BCUT2D eigenvalue weighted by Crippen LogP contribution is 2.31. The lowest BCUT2D eigenvalue weighted by molar-refractivity contribution is -0.137. The minimum Gasteiger partial charge on any atom is -0.495 e. The number of methoxy groups -OCH3 is 1. The van der Waals surface area contributed by atoms with Crippen molar-refractivity contribution in [3.63, 3.8) is 0 Å². The van der Waals surface area contributed by atoms with Gasteiger partial charge in [-0.05, 0) is 44.2 Å². The summed E-state index contributed by atoms with van der Waals surface area (Å²) in [4.78, 5) is 29.8. The number of aryl methyl sites for hydroxylation is 1. The molecule has 0 bridgehead atoms. The van der Waals surface area contributed by atoms with Gasteiger partial charge in [-0.15, -0.1) is 0 Å². The first-order valence-corrected chi connectivity index (χ1v) is 11.1. The summed E-state index contributed by atoms with van der Waals surface area (Å²) in [7, 11) is 1.60. The van der Waals surface area contributed by atoms with Crippen molar-refractivity contribution >= 4 is 17.4 Å². The smallest absolute Gasteiger partial charge is 0.416 e. The Bertz CT molecular complexity index is 1260. The molecule has 10 heteroatoms. The SMILES string of the molecule is COc1ccccc1N1CCN(C(=O)C(=O)c2c(C)nn(-c3cccc(C(F)(F)F)c3)c2C)CC1. The van der Waals surface area contributed by atoms with Crippen LogP contribution < -0.4 is 9.64 Å². The molecule has 1 saturated heterocycles. The summed E-state index contributed by atoms with van der Waals surface area (Å²) in [5.74, 6) is -0.639. The number of anilines is 1. The maximum absolute atomic E-state index is 13.2. The highest BCUT2D eigenvalue weighted by atomic mass is 19.4. The second-order valence-electron chi connectivity index (χ2n) is 8.29. The van der Waals surface area contributed by atoms with Crippen LogP contribution in [0.2, 0.25) is 0 Å². The number of Topliss-reactive ketones (excluding diaryl/α,β-unsaturated/α-hetero) is 1. The summed E-state index contributed by atoms with van der Waals surface area (Å²) >= 11 is 0. The third-order valence-electron chi connectivity index (χ3n) is 6.12. The number of ether oxygens (including phenoxy) is 1. The third kappa shape index (κ3) is 4.73. The molecule has 0 radical (unpaired) electrons. The molecular formula is C25H25F3N4O3. The molecule has 0 atom stereocenters. The Morgan fingerprint density at radius 1 is 0.971 bits per heavy atom. The van der Waals surface area contributed by atoms with E-state index >= 15 is 0 Å². The Kier molecular flexibility index (Phi) is 6.56. The van der Waals surface area contributed by atoms with Crippen molar-refractivity contribution in [2.75, 3.05) is 38.2 Å². The molecule has 1 fully saturated rings. The summed E-state index contributed by atoms with van der Waals surface area (Å²) in [5.41, 5.74) is 0.970. The monoisotopic (exact) mass is 486 g/mol. The molecule has 184 valence electrons. The van der Waals surface area contributed by atoms with Crippen molar-refractivity contribution in [1.29, 1.82) is 0 Å². The molecule has 2 aromatic carbocycles. The van der Waals surface area contributed by atoms with Crippen LogP contribution in [0.25, 0.3) is 5.69 Å². The Morgan fingerprint density at radius 2 is 1.66 bits per heavy atom. The van der Waals surface area contributed by atoms with Gasteiger partial charge < -0.3 is 14.5 Å². The Morgan fingerprint density at radius 3 is 2.31 bits per heavy atom. The molecule has 3 aromatic rings. The van der Waals surface area contributed by atoms with Crippen LogP contribution in [-0.2, 0) is 11.0 Å². The number of rotatable bonds is 5. The molecule has 4 rings (SSSR count). The summed E-state index contributed by atoms with van der Waals surface area (Å²) in [6, 6.07) is 12.3. The molecular weight excluding hydrogens is 461 g/mol. The van der Waals surface area contributed by atoms with Gasteiger partial charge in [0.2, 0.25) is 0 Å². The van der Waals surface area contributed by atoms with Crippen LogP contribution in [0.4, 0.5) is 18.9 Å². The fraction of sp³-hybridized carbons (Fsp3) is 0.320. The van der Waals surface area contributed by atoms with Crippen molar-refractivity contribution < 1.29 is 27.5 Å². The predicted octanol–water partition coefficient (Wildman–Crippen LogP) is 4.05. The van der Waals surface area contributed by atoms with Crippen molar-refractivity contribution in [3.05, 3.63) is 71.0 Å². The fourth-order valence-corrected chi connectivity index (χ4v) is 4.33. The first-order valence-electron chi connectivity index (χ1n) is 11.1. The number of aromatic nitrogens is 2. The number of para-hydroxylation sites is 2. The molecule has 1 aliphatic rings. The van der Waals surface area contributed by atoms with Crippen molar-refractivity contribution in [1.82, 2.24) is 14.7 Å². The summed E-state index contributed by atoms with van der Waals surface area (Å²) in [5, 5.41) is 4.26. The highest BCUT2D eigenvalue weighted by molar-refractivity contribution is 6.43. The van der Waals surface area contributed by atoms with E-state index in [0.29, 0.717) is 31.9 Å². The lowest BCUT2D eigenvalue weighted by Crippen LogP contribution is -2.50. The molecule has 1 aliphatic heterocycles. The number of carbonyl (C=O) groups excluding carboxylic acids is 2. The topological polar surface area (TPSA) is 67.7 Å². The van der Waals surface area contributed by atoms with Gasteiger partial charge in [0, 0.05) is 26.2 Å². The zero-order valence-corrected chi connectivity index (χ0v) is 19.6. The predicted molar refractivity (Wildman–Crippen MR) is 124 cm³/mol. The van der Waals surface area contributed by atoms with E-state index < -0.39 is 23.4 Å². The van der Waals surface area contributed by atoms with E-state index in [0.717, 1.165) is 23.6 Å². The van der Waals surface area contributed by atoms with E-state index in [9.17, 15) is 22.8 Å². The van der Waals surface area contributed by atoms with Crippen LogP contribution >= 0.6 is 0 Å². The Hall–Kier alpha value is -3.82. The number of ketones is 1. The van der Waals surface area contributed by atoms with Crippen LogP contribution in [0.3, 0.4) is 0 Å². The van der Waals surface area contributed by atoms with Crippen molar-refractivity contribution in [3.8, 4) is 11.4 Å². The lowest BCUT2D eigenvalue weighted by Gasteiger charge is -2.36. The summed E-state index contributed by atoms with van der Waals surface area (Å²) in [6.45, 7) is 4.89. The molecule has 0 spiro atoms. The zero-order valence-electron chi connectivity index (χ0n) is 19.6. The molecule has 1 amide bonds. The van der Waals surface area contributed by atoms with Gasteiger partial charge >= 0.3 is 6.18 Å². The number of benzene rings is 2. The maximum atomic E-state index is 13.2. The average molecular weight is 486 g/mol. The Labute approximate surface area is 200 Å². The standard InChI is InChI=1S/C25H25F3N4O3/c1-16-22(17(2)32(29-16)19-8-6-7-18(15-19)25(26,27)28)23(33)24(34)31-13-11-30(12-14-31)20-9-4-5-10-21(20)35-3/h4-10,15H,11-14H2,1-3H3. The van der Waals surface area contributed by atoms with Crippen molar-refractivity contribution in [2.45, 2.75) is 20.0 Å². The molecule has 0 saturated carbocycles. The average Bonchev–Trinajstić information content (AvgIpc) is 3.16. The second-order valence-corrected chi connectivity index (χ2v) is 8.29. The van der Waals surface area contributed by atoms with E-state index in [1.165, 1.54) is 21.7 Å². The number of alkyl halides is 3. The van der Waals surface area contributed by atoms with E-state index in [2.05, 4.69) is 10.00 Å². The molecule has 0 N–H and O–H groups in total. The van der Waals surface area contributed by atoms with Gasteiger partial charge in [-0.1, -0.05) is 18.2 Å². The molecule has 0 aliphatic carbocycles. The van der Waals surface area contributed by atoms with E-state index in [4.69, 9.17) is 4.74 Å². The van der Waals surface area contributed by atoms with Crippen LogP contribution in [0.5, 0.6) is 5.75 Å². The number of halogens is 3. The minimum absolute atomic E-state index is 0.111. The van der Waals surface area contributed by atoms with Gasteiger partial charge in [0.15, 0.2) is 0 Å². The van der Waals surface area contributed by atoms with Gasteiger partial charge in [0.25, 0.3) is 11.7 Å². The molecule has 1 aromatic heterocycles. The highest BCUT2D eigenvalue weighted by Gasteiger charge is 2.33. The summed E-state index contributed by atoms with van der Waals surface area (Å²) < 4.78 is 46.1. The van der Waals surface area contributed by atoms with Crippen LogP contribution in [0.15, 0.2) is 48.5 Å². The van der Waals surface area contributed by atoms with Crippen LogP contribution in [-0.4, -0.2) is 59.7 Å². The number of amides is 1. The number of piperazine rings is 1. The van der Waals surface area contributed by atoms with Gasteiger partial charge in [-0.3, -0.25) is 9.59 Å².